The quantitative estimate of drug-likeness (QED) is 0.411. The molecule has 14 heavy (non-hydrogen) atoms. The molecule has 0 saturated heterocycles. The van der Waals surface area contributed by atoms with E-state index in [2.05, 4.69) is 27.9 Å². The van der Waals surface area contributed by atoms with Crippen molar-refractivity contribution in [3.05, 3.63) is 0 Å². The number of hydrogen-bond acceptors (Lipinski definition) is 4. The van der Waals surface area contributed by atoms with E-state index in [-0.39, 0.29) is 0 Å². The summed E-state index contributed by atoms with van der Waals surface area (Å²) in [6.45, 7) is 6.61. The summed E-state index contributed by atoms with van der Waals surface area (Å²) in [5.74, 6) is 0. The van der Waals surface area contributed by atoms with Gasteiger partial charge in [0.2, 0.25) is 0 Å². The molecule has 4 heteroatoms. The lowest BCUT2D eigenvalue weighted by Gasteiger charge is -2.16. The smallest absolute Gasteiger partial charge is 0.0104 e. The van der Waals surface area contributed by atoms with Crippen molar-refractivity contribution in [2.45, 2.75) is 6.42 Å². The highest BCUT2D eigenvalue weighted by Gasteiger charge is 1.95. The number of rotatable bonds is 10. The van der Waals surface area contributed by atoms with Crippen LogP contribution in [-0.4, -0.2) is 65.3 Å². The third-order valence-electron chi connectivity index (χ3n) is 2.19. The van der Waals surface area contributed by atoms with E-state index in [1.165, 1.54) is 13.0 Å². The van der Waals surface area contributed by atoms with Crippen molar-refractivity contribution in [1.82, 2.24) is 20.9 Å². The normalized spacial score (nSPS) is 11.1. The maximum Gasteiger partial charge on any atom is 0.0104 e. The predicted octanol–water partition coefficient (Wildman–Crippen LogP) is -0.663. The molecule has 0 saturated carbocycles. The van der Waals surface area contributed by atoms with Crippen molar-refractivity contribution < 1.29 is 0 Å². The highest BCUT2D eigenvalue weighted by molar-refractivity contribution is 4.55. The molecule has 4 nitrogen and oxygen atoms in total. The van der Waals surface area contributed by atoms with Crippen LogP contribution in [0.25, 0.3) is 0 Å². The van der Waals surface area contributed by atoms with Gasteiger partial charge in [-0.1, -0.05) is 0 Å². The Morgan fingerprint density at radius 2 is 1.57 bits per heavy atom. The molecular weight excluding hydrogens is 176 g/mol. The van der Waals surface area contributed by atoms with E-state index in [9.17, 15) is 0 Å². The van der Waals surface area contributed by atoms with Crippen LogP contribution >= 0.6 is 0 Å². The number of nitrogens with one attached hydrogen (secondary N) is 3. The molecule has 0 aromatic heterocycles. The van der Waals surface area contributed by atoms with Crippen LogP contribution in [-0.2, 0) is 0 Å². The Hall–Kier alpha value is -0.160. The summed E-state index contributed by atoms with van der Waals surface area (Å²) in [6, 6.07) is 0. The van der Waals surface area contributed by atoms with Gasteiger partial charge in [-0.15, -0.1) is 0 Å². The Labute approximate surface area is 88.4 Å². The number of nitrogens with zero attached hydrogens (tertiary/aromatic N) is 1. The lowest BCUT2D eigenvalue weighted by Crippen LogP contribution is -2.31. The van der Waals surface area contributed by atoms with Gasteiger partial charge in [-0.05, 0) is 40.7 Å². The molecule has 0 atom stereocenters. The van der Waals surface area contributed by atoms with Crippen LogP contribution in [0.2, 0.25) is 0 Å². The van der Waals surface area contributed by atoms with Crippen LogP contribution in [0.4, 0.5) is 0 Å². The van der Waals surface area contributed by atoms with Crippen molar-refractivity contribution in [1.29, 1.82) is 0 Å². The van der Waals surface area contributed by atoms with E-state index in [1.807, 2.05) is 14.1 Å². The van der Waals surface area contributed by atoms with E-state index in [1.54, 1.807) is 0 Å². The lowest BCUT2D eigenvalue weighted by molar-refractivity contribution is 0.328. The van der Waals surface area contributed by atoms with Crippen molar-refractivity contribution in [2.24, 2.45) is 0 Å². The van der Waals surface area contributed by atoms with Gasteiger partial charge in [-0.3, -0.25) is 0 Å². The first-order valence-corrected chi connectivity index (χ1v) is 5.49. The molecule has 0 aliphatic heterocycles. The van der Waals surface area contributed by atoms with Gasteiger partial charge in [0.05, 0.1) is 0 Å². The van der Waals surface area contributed by atoms with E-state index in [0.717, 1.165) is 32.7 Å². The summed E-state index contributed by atoms with van der Waals surface area (Å²) in [6.07, 6.45) is 1.23. The molecule has 3 N–H and O–H groups in total. The standard InChI is InChI=1S/C10H26N4/c1-11-6-7-13-5-4-9-14(3)10-8-12-2/h11-13H,4-10H2,1-3H3. The molecular formula is C10H26N4. The molecule has 86 valence electrons. The molecule has 0 aliphatic rings. The molecule has 0 unspecified atom stereocenters. The van der Waals surface area contributed by atoms with Gasteiger partial charge in [0.1, 0.15) is 0 Å². The third kappa shape index (κ3) is 9.92. The Bertz CT molecular complexity index is 108. The van der Waals surface area contributed by atoms with Gasteiger partial charge in [0, 0.05) is 26.2 Å². The summed E-state index contributed by atoms with van der Waals surface area (Å²) in [5.41, 5.74) is 0. The molecule has 0 aromatic carbocycles. The molecule has 0 amide bonds. The number of likely N-dealkylation sites (N-methyl/N-ethyl adjacent to an activating group) is 3. The summed E-state index contributed by atoms with van der Waals surface area (Å²) < 4.78 is 0. The van der Waals surface area contributed by atoms with Gasteiger partial charge >= 0.3 is 0 Å². The van der Waals surface area contributed by atoms with E-state index in [4.69, 9.17) is 0 Å². The first-order valence-electron chi connectivity index (χ1n) is 5.49. The first kappa shape index (κ1) is 13.8. The monoisotopic (exact) mass is 202 g/mol. The van der Waals surface area contributed by atoms with Crippen LogP contribution < -0.4 is 16.0 Å². The molecule has 0 bridgehead atoms. The fourth-order valence-corrected chi connectivity index (χ4v) is 1.23. The van der Waals surface area contributed by atoms with Crippen LogP contribution in [0.15, 0.2) is 0 Å². The summed E-state index contributed by atoms with van der Waals surface area (Å²) >= 11 is 0. The Kier molecular flexibility index (Phi) is 10.8. The average Bonchev–Trinajstić information content (AvgIpc) is 2.20. The summed E-state index contributed by atoms with van der Waals surface area (Å²) in [5, 5.41) is 9.66. The largest absolute Gasteiger partial charge is 0.318 e. The summed E-state index contributed by atoms with van der Waals surface area (Å²) in [7, 11) is 6.14. The summed E-state index contributed by atoms with van der Waals surface area (Å²) in [4.78, 5) is 2.36. The van der Waals surface area contributed by atoms with Crippen molar-refractivity contribution in [3.63, 3.8) is 0 Å². The maximum atomic E-state index is 3.39. The van der Waals surface area contributed by atoms with E-state index < -0.39 is 0 Å². The molecule has 0 aromatic rings. The SMILES string of the molecule is CNCCNCCCN(C)CCNC. The van der Waals surface area contributed by atoms with Gasteiger partial charge in [-0.2, -0.15) is 0 Å². The molecule has 0 spiro atoms. The van der Waals surface area contributed by atoms with E-state index in [0.29, 0.717) is 0 Å². The second kappa shape index (κ2) is 10.9. The van der Waals surface area contributed by atoms with Crippen molar-refractivity contribution >= 4 is 0 Å². The van der Waals surface area contributed by atoms with Gasteiger partial charge in [0.25, 0.3) is 0 Å². The fourth-order valence-electron chi connectivity index (χ4n) is 1.23. The predicted molar refractivity (Wildman–Crippen MR) is 62.8 cm³/mol. The molecule has 0 fully saturated rings. The Morgan fingerprint density at radius 1 is 0.857 bits per heavy atom. The Morgan fingerprint density at radius 3 is 2.21 bits per heavy atom. The minimum Gasteiger partial charge on any atom is -0.318 e. The van der Waals surface area contributed by atoms with Crippen molar-refractivity contribution in [3.8, 4) is 0 Å². The molecule has 0 radical (unpaired) electrons. The molecule has 0 heterocycles. The zero-order valence-corrected chi connectivity index (χ0v) is 9.90. The second-order valence-electron chi connectivity index (χ2n) is 3.61. The van der Waals surface area contributed by atoms with Crippen molar-refractivity contribution in [2.75, 3.05) is 60.4 Å². The maximum absolute atomic E-state index is 3.39. The van der Waals surface area contributed by atoms with Crippen LogP contribution in [0, 0.1) is 0 Å². The molecule has 0 aliphatic carbocycles. The van der Waals surface area contributed by atoms with Crippen LogP contribution in [0.1, 0.15) is 6.42 Å². The minimum atomic E-state index is 1.05. The van der Waals surface area contributed by atoms with Crippen LogP contribution in [0.3, 0.4) is 0 Å². The average molecular weight is 202 g/mol. The zero-order chi connectivity index (χ0) is 10.6. The first-order chi connectivity index (χ1) is 6.81. The lowest BCUT2D eigenvalue weighted by atomic mass is 10.4. The number of hydrogen-bond donors (Lipinski definition) is 3. The van der Waals surface area contributed by atoms with Gasteiger partial charge in [-0.25, -0.2) is 0 Å². The fraction of sp³-hybridized carbons (Fsp3) is 1.00. The highest BCUT2D eigenvalue weighted by Crippen LogP contribution is 1.84. The minimum absolute atomic E-state index is 1.05. The van der Waals surface area contributed by atoms with Gasteiger partial charge in [0.15, 0.2) is 0 Å². The second-order valence-corrected chi connectivity index (χ2v) is 3.61. The van der Waals surface area contributed by atoms with Gasteiger partial charge < -0.3 is 20.9 Å². The highest BCUT2D eigenvalue weighted by atomic mass is 15.1. The van der Waals surface area contributed by atoms with E-state index >= 15 is 0 Å². The zero-order valence-electron chi connectivity index (χ0n) is 9.90. The van der Waals surface area contributed by atoms with Crippen LogP contribution in [0.5, 0.6) is 0 Å². The Balaban J connectivity index is 3.02. The topological polar surface area (TPSA) is 39.3 Å². The third-order valence-corrected chi connectivity index (χ3v) is 2.19. The molecule has 0 rings (SSSR count).